The minimum atomic E-state index is -0.427. The quantitative estimate of drug-likeness (QED) is 0.480. The molecule has 0 saturated heterocycles. The van der Waals surface area contributed by atoms with Crippen molar-refractivity contribution in [3.63, 3.8) is 0 Å². The van der Waals surface area contributed by atoms with E-state index < -0.39 is 6.09 Å². The van der Waals surface area contributed by atoms with E-state index in [0.29, 0.717) is 6.54 Å². The van der Waals surface area contributed by atoms with Gasteiger partial charge in [-0.1, -0.05) is 19.9 Å². The lowest BCUT2D eigenvalue weighted by Crippen LogP contribution is -2.23. The Morgan fingerprint density at radius 2 is 2.50 bits per heavy atom. The summed E-state index contributed by atoms with van der Waals surface area (Å²) in [6.45, 7) is 5.97. The predicted octanol–water partition coefficient (Wildman–Crippen LogP) is 1.66. The van der Waals surface area contributed by atoms with Gasteiger partial charge >= 0.3 is 6.09 Å². The van der Waals surface area contributed by atoms with Gasteiger partial charge in [0.1, 0.15) is 0 Å². The van der Waals surface area contributed by atoms with E-state index in [4.69, 9.17) is 0 Å². The SMILES string of the molecule is C=COC(=O)NCCCC. The van der Waals surface area contributed by atoms with Crippen molar-refractivity contribution >= 4 is 6.09 Å². The molecule has 10 heavy (non-hydrogen) atoms. The third-order valence-corrected chi connectivity index (χ3v) is 0.990. The van der Waals surface area contributed by atoms with Gasteiger partial charge in [-0.3, -0.25) is 0 Å². The second-order valence-electron chi connectivity index (χ2n) is 1.85. The summed E-state index contributed by atoms with van der Waals surface area (Å²) < 4.78 is 4.40. The van der Waals surface area contributed by atoms with Crippen molar-refractivity contribution in [2.75, 3.05) is 6.54 Å². The standard InChI is InChI=1S/C7H13NO2/c1-3-5-6-8-7(9)10-4-2/h4H,2-3,5-6H2,1H3,(H,8,9). The minimum Gasteiger partial charge on any atom is -0.419 e. The van der Waals surface area contributed by atoms with Crippen LogP contribution in [0, 0.1) is 0 Å². The van der Waals surface area contributed by atoms with Crippen molar-refractivity contribution in [2.24, 2.45) is 0 Å². The Labute approximate surface area is 61.1 Å². The molecule has 0 radical (unpaired) electrons. The van der Waals surface area contributed by atoms with E-state index in [9.17, 15) is 4.79 Å². The fourth-order valence-electron chi connectivity index (χ4n) is 0.485. The van der Waals surface area contributed by atoms with E-state index in [2.05, 4.69) is 23.6 Å². The average molecular weight is 143 g/mol. The van der Waals surface area contributed by atoms with Crippen LogP contribution in [0.25, 0.3) is 0 Å². The molecule has 0 aliphatic rings. The smallest absolute Gasteiger partial charge is 0.411 e. The number of carbonyl (C=O) groups is 1. The van der Waals surface area contributed by atoms with Gasteiger partial charge in [-0.15, -0.1) is 0 Å². The summed E-state index contributed by atoms with van der Waals surface area (Å²) in [7, 11) is 0. The van der Waals surface area contributed by atoms with E-state index in [1.165, 1.54) is 0 Å². The van der Waals surface area contributed by atoms with Crippen LogP contribution < -0.4 is 5.32 Å². The first-order chi connectivity index (χ1) is 4.81. The topological polar surface area (TPSA) is 38.3 Å². The number of carbonyl (C=O) groups excluding carboxylic acids is 1. The lowest BCUT2D eigenvalue weighted by molar-refractivity contribution is 0.185. The molecule has 0 aliphatic heterocycles. The molecule has 0 fully saturated rings. The molecule has 0 unspecified atom stereocenters. The summed E-state index contributed by atoms with van der Waals surface area (Å²) in [5.41, 5.74) is 0. The molecule has 1 amide bonds. The van der Waals surface area contributed by atoms with Gasteiger partial charge in [-0.05, 0) is 6.42 Å². The maximum absolute atomic E-state index is 10.5. The number of ether oxygens (including phenoxy) is 1. The van der Waals surface area contributed by atoms with E-state index in [0.717, 1.165) is 19.1 Å². The highest BCUT2D eigenvalue weighted by Crippen LogP contribution is 1.83. The molecule has 0 aromatic heterocycles. The van der Waals surface area contributed by atoms with Crippen LogP contribution >= 0.6 is 0 Å². The fourth-order valence-corrected chi connectivity index (χ4v) is 0.485. The normalized spacial score (nSPS) is 8.50. The average Bonchev–Trinajstić information content (AvgIpc) is 1.89. The molecule has 0 atom stereocenters. The monoisotopic (exact) mass is 143 g/mol. The molecule has 0 heterocycles. The molecule has 0 saturated carbocycles. The Hall–Kier alpha value is -0.990. The van der Waals surface area contributed by atoms with Crippen LogP contribution in [0.15, 0.2) is 12.8 Å². The van der Waals surface area contributed by atoms with Crippen LogP contribution in [-0.2, 0) is 4.74 Å². The van der Waals surface area contributed by atoms with Gasteiger partial charge in [-0.2, -0.15) is 0 Å². The van der Waals surface area contributed by atoms with Gasteiger partial charge in [0.2, 0.25) is 0 Å². The van der Waals surface area contributed by atoms with Crippen LogP contribution in [0.4, 0.5) is 4.79 Å². The van der Waals surface area contributed by atoms with Crippen molar-refractivity contribution in [3.05, 3.63) is 12.8 Å². The molecular formula is C7H13NO2. The number of unbranched alkanes of at least 4 members (excludes halogenated alkanes) is 1. The van der Waals surface area contributed by atoms with Gasteiger partial charge in [0.05, 0.1) is 6.26 Å². The second kappa shape index (κ2) is 6.13. The number of rotatable bonds is 4. The molecule has 0 rings (SSSR count). The highest BCUT2D eigenvalue weighted by Gasteiger charge is 1.94. The van der Waals surface area contributed by atoms with E-state index in [1.807, 2.05) is 0 Å². The molecule has 0 aliphatic carbocycles. The molecule has 1 N–H and O–H groups in total. The van der Waals surface area contributed by atoms with Crippen molar-refractivity contribution in [1.29, 1.82) is 0 Å². The molecule has 58 valence electrons. The summed E-state index contributed by atoms with van der Waals surface area (Å²) >= 11 is 0. The summed E-state index contributed by atoms with van der Waals surface area (Å²) in [6.07, 6.45) is 2.73. The number of hydrogen-bond donors (Lipinski definition) is 1. The van der Waals surface area contributed by atoms with Crippen molar-refractivity contribution < 1.29 is 9.53 Å². The molecular weight excluding hydrogens is 130 g/mol. The van der Waals surface area contributed by atoms with Gasteiger partial charge < -0.3 is 10.1 Å². The Bertz CT molecular complexity index is 112. The summed E-state index contributed by atoms with van der Waals surface area (Å²) in [4.78, 5) is 10.5. The lowest BCUT2D eigenvalue weighted by Gasteiger charge is -2.00. The number of amides is 1. The van der Waals surface area contributed by atoms with E-state index >= 15 is 0 Å². The second-order valence-corrected chi connectivity index (χ2v) is 1.85. The molecule has 0 spiro atoms. The first-order valence-electron chi connectivity index (χ1n) is 3.36. The van der Waals surface area contributed by atoms with Gasteiger partial charge in [0.25, 0.3) is 0 Å². The van der Waals surface area contributed by atoms with Crippen LogP contribution in [0.1, 0.15) is 19.8 Å². The summed E-state index contributed by atoms with van der Waals surface area (Å²) in [5.74, 6) is 0. The van der Waals surface area contributed by atoms with Crippen molar-refractivity contribution in [2.45, 2.75) is 19.8 Å². The third-order valence-electron chi connectivity index (χ3n) is 0.990. The molecule has 0 bridgehead atoms. The fraction of sp³-hybridized carbons (Fsp3) is 0.571. The largest absolute Gasteiger partial charge is 0.419 e. The van der Waals surface area contributed by atoms with Crippen molar-refractivity contribution in [3.8, 4) is 0 Å². The molecule has 0 aromatic rings. The Balaban J connectivity index is 3.13. The van der Waals surface area contributed by atoms with Crippen LogP contribution in [0.5, 0.6) is 0 Å². The van der Waals surface area contributed by atoms with Crippen LogP contribution in [0.2, 0.25) is 0 Å². The first-order valence-corrected chi connectivity index (χ1v) is 3.36. The summed E-state index contributed by atoms with van der Waals surface area (Å²) in [6, 6.07) is 0. The zero-order valence-electron chi connectivity index (χ0n) is 6.22. The van der Waals surface area contributed by atoms with Crippen LogP contribution in [0.3, 0.4) is 0 Å². The minimum absolute atomic E-state index is 0.427. The van der Waals surface area contributed by atoms with E-state index in [1.54, 1.807) is 0 Å². The summed E-state index contributed by atoms with van der Waals surface area (Å²) in [5, 5.41) is 2.55. The highest BCUT2D eigenvalue weighted by molar-refractivity contribution is 5.67. The predicted molar refractivity (Wildman–Crippen MR) is 39.6 cm³/mol. The van der Waals surface area contributed by atoms with E-state index in [-0.39, 0.29) is 0 Å². The number of hydrogen-bond acceptors (Lipinski definition) is 2. The first kappa shape index (κ1) is 9.01. The number of alkyl carbamates (subject to hydrolysis) is 1. The van der Waals surface area contributed by atoms with Gasteiger partial charge in [0, 0.05) is 6.54 Å². The Kier molecular flexibility index (Phi) is 5.53. The lowest BCUT2D eigenvalue weighted by atomic mass is 10.3. The van der Waals surface area contributed by atoms with Crippen molar-refractivity contribution in [1.82, 2.24) is 5.32 Å². The van der Waals surface area contributed by atoms with Crippen LogP contribution in [-0.4, -0.2) is 12.6 Å². The molecule has 0 aromatic carbocycles. The Morgan fingerprint density at radius 1 is 1.80 bits per heavy atom. The molecule has 3 heteroatoms. The Morgan fingerprint density at radius 3 is 3.00 bits per heavy atom. The number of nitrogens with one attached hydrogen (secondary N) is 1. The third kappa shape index (κ3) is 5.15. The zero-order valence-corrected chi connectivity index (χ0v) is 6.22. The van der Waals surface area contributed by atoms with Gasteiger partial charge in [0.15, 0.2) is 0 Å². The molecule has 3 nitrogen and oxygen atoms in total. The zero-order chi connectivity index (χ0) is 7.82. The maximum Gasteiger partial charge on any atom is 0.411 e. The maximum atomic E-state index is 10.5. The van der Waals surface area contributed by atoms with Gasteiger partial charge in [-0.25, -0.2) is 4.79 Å². The highest BCUT2D eigenvalue weighted by atomic mass is 16.5.